The van der Waals surface area contributed by atoms with Gasteiger partial charge in [0.2, 0.25) is 0 Å². The first-order valence-corrected chi connectivity index (χ1v) is 6.93. The van der Waals surface area contributed by atoms with Crippen molar-refractivity contribution in [2.24, 2.45) is 0 Å². The highest BCUT2D eigenvalue weighted by molar-refractivity contribution is 5.74. The predicted molar refractivity (Wildman–Crippen MR) is 78.6 cm³/mol. The van der Waals surface area contributed by atoms with Crippen molar-refractivity contribution in [1.82, 2.24) is 10.2 Å². The van der Waals surface area contributed by atoms with Gasteiger partial charge in [-0.3, -0.25) is 0 Å². The highest BCUT2D eigenvalue weighted by atomic mass is 16.2. The van der Waals surface area contributed by atoms with Crippen LogP contribution in [0.1, 0.15) is 19.4 Å². The summed E-state index contributed by atoms with van der Waals surface area (Å²) in [5.74, 6) is 0. The maximum Gasteiger partial charge on any atom is 0.317 e. The number of benzene rings is 1. The van der Waals surface area contributed by atoms with Gasteiger partial charge >= 0.3 is 6.03 Å². The van der Waals surface area contributed by atoms with Gasteiger partial charge in [-0.1, -0.05) is 12.1 Å². The van der Waals surface area contributed by atoms with E-state index >= 15 is 0 Å². The lowest BCUT2D eigenvalue weighted by Gasteiger charge is -2.36. The zero-order chi connectivity index (χ0) is 13.8. The number of carbonyl (C=O) groups excluding carboxylic acids is 1. The standard InChI is InChI=1S/C15H23N3O/c1-12(2)16-15(19)18-9-7-17(8-10-18)14-6-4-5-13(3)11-14/h4-6,11-12H,7-10H2,1-3H3,(H,16,19). The molecule has 0 bridgehead atoms. The molecule has 1 aliphatic rings. The van der Waals surface area contributed by atoms with Crippen LogP contribution in [0.5, 0.6) is 0 Å². The fraction of sp³-hybridized carbons (Fsp3) is 0.533. The van der Waals surface area contributed by atoms with E-state index in [4.69, 9.17) is 0 Å². The van der Waals surface area contributed by atoms with E-state index in [1.165, 1.54) is 11.3 Å². The van der Waals surface area contributed by atoms with Crippen molar-refractivity contribution in [3.8, 4) is 0 Å². The van der Waals surface area contributed by atoms with Crippen LogP contribution in [-0.2, 0) is 0 Å². The van der Waals surface area contributed by atoms with Crippen molar-refractivity contribution in [3.05, 3.63) is 29.8 Å². The number of carbonyl (C=O) groups is 1. The Kier molecular flexibility index (Phi) is 4.30. The first-order valence-electron chi connectivity index (χ1n) is 6.93. The predicted octanol–water partition coefficient (Wildman–Crippen LogP) is 2.24. The molecule has 0 aliphatic carbocycles. The minimum atomic E-state index is 0.0545. The number of hydrogen-bond donors (Lipinski definition) is 1. The molecule has 1 aromatic rings. The molecule has 2 amide bonds. The Morgan fingerprint density at radius 1 is 1.21 bits per heavy atom. The fourth-order valence-corrected chi connectivity index (χ4v) is 2.33. The number of nitrogens with zero attached hydrogens (tertiary/aromatic N) is 2. The van der Waals surface area contributed by atoms with Gasteiger partial charge in [-0.25, -0.2) is 4.79 Å². The Hall–Kier alpha value is -1.71. The third kappa shape index (κ3) is 3.63. The normalized spacial score (nSPS) is 15.8. The van der Waals surface area contributed by atoms with Gasteiger partial charge in [-0.15, -0.1) is 0 Å². The first kappa shape index (κ1) is 13.7. The molecular formula is C15H23N3O. The van der Waals surface area contributed by atoms with Gasteiger partial charge in [0.05, 0.1) is 0 Å². The van der Waals surface area contributed by atoms with Crippen molar-refractivity contribution >= 4 is 11.7 Å². The van der Waals surface area contributed by atoms with Crippen molar-refractivity contribution < 1.29 is 4.79 Å². The first-order chi connectivity index (χ1) is 9.06. The number of urea groups is 1. The Balaban J connectivity index is 1.90. The van der Waals surface area contributed by atoms with Crippen molar-refractivity contribution in [2.45, 2.75) is 26.8 Å². The SMILES string of the molecule is Cc1cccc(N2CCN(C(=O)NC(C)C)CC2)c1. The zero-order valence-electron chi connectivity index (χ0n) is 12.0. The Morgan fingerprint density at radius 3 is 2.47 bits per heavy atom. The molecule has 1 fully saturated rings. The average Bonchev–Trinajstić information content (AvgIpc) is 2.38. The summed E-state index contributed by atoms with van der Waals surface area (Å²) in [5, 5.41) is 2.94. The summed E-state index contributed by atoms with van der Waals surface area (Å²) in [5.41, 5.74) is 2.53. The number of hydrogen-bond acceptors (Lipinski definition) is 2. The van der Waals surface area contributed by atoms with E-state index in [9.17, 15) is 4.79 Å². The van der Waals surface area contributed by atoms with Crippen molar-refractivity contribution in [2.75, 3.05) is 31.1 Å². The van der Waals surface area contributed by atoms with Crippen LogP contribution < -0.4 is 10.2 Å². The van der Waals surface area contributed by atoms with E-state index in [0.717, 1.165) is 26.2 Å². The number of rotatable bonds is 2. The minimum absolute atomic E-state index is 0.0545. The third-order valence-electron chi connectivity index (χ3n) is 3.35. The van der Waals surface area contributed by atoms with Crippen LogP contribution in [0.3, 0.4) is 0 Å². The largest absolute Gasteiger partial charge is 0.368 e. The molecule has 1 N–H and O–H groups in total. The number of nitrogens with one attached hydrogen (secondary N) is 1. The summed E-state index contributed by atoms with van der Waals surface area (Å²) < 4.78 is 0. The molecule has 0 atom stereocenters. The van der Waals surface area contributed by atoms with Crippen LogP contribution in [0.15, 0.2) is 24.3 Å². The minimum Gasteiger partial charge on any atom is -0.368 e. The van der Waals surface area contributed by atoms with Crippen LogP contribution in [0.25, 0.3) is 0 Å². The number of piperazine rings is 1. The Morgan fingerprint density at radius 2 is 1.89 bits per heavy atom. The number of amides is 2. The second-order valence-electron chi connectivity index (χ2n) is 5.42. The van der Waals surface area contributed by atoms with Gasteiger partial charge in [-0.05, 0) is 38.5 Å². The second kappa shape index (κ2) is 5.95. The zero-order valence-corrected chi connectivity index (χ0v) is 12.0. The highest BCUT2D eigenvalue weighted by Crippen LogP contribution is 2.17. The van der Waals surface area contributed by atoms with Crippen molar-refractivity contribution in [1.29, 1.82) is 0 Å². The van der Waals surface area contributed by atoms with E-state index < -0.39 is 0 Å². The Bertz CT molecular complexity index is 437. The van der Waals surface area contributed by atoms with Gasteiger partial charge in [0.1, 0.15) is 0 Å². The fourth-order valence-electron chi connectivity index (χ4n) is 2.33. The van der Waals surface area contributed by atoms with Crippen LogP contribution >= 0.6 is 0 Å². The smallest absolute Gasteiger partial charge is 0.317 e. The van der Waals surface area contributed by atoms with Crippen LogP contribution in [0, 0.1) is 6.92 Å². The van der Waals surface area contributed by atoms with Gasteiger partial charge in [-0.2, -0.15) is 0 Å². The molecule has 0 spiro atoms. The molecule has 0 radical (unpaired) electrons. The molecule has 4 heteroatoms. The Labute approximate surface area is 115 Å². The van der Waals surface area contributed by atoms with Gasteiger partial charge < -0.3 is 15.1 Å². The van der Waals surface area contributed by atoms with E-state index in [1.807, 2.05) is 18.7 Å². The summed E-state index contributed by atoms with van der Waals surface area (Å²) in [6.07, 6.45) is 0. The van der Waals surface area contributed by atoms with Gasteiger partial charge in [0.15, 0.2) is 0 Å². The summed E-state index contributed by atoms with van der Waals surface area (Å²) in [7, 11) is 0. The van der Waals surface area contributed by atoms with Gasteiger partial charge in [0.25, 0.3) is 0 Å². The monoisotopic (exact) mass is 261 g/mol. The topological polar surface area (TPSA) is 35.6 Å². The van der Waals surface area contributed by atoms with Crippen LogP contribution in [0.4, 0.5) is 10.5 Å². The molecule has 19 heavy (non-hydrogen) atoms. The summed E-state index contributed by atoms with van der Waals surface area (Å²) in [4.78, 5) is 16.1. The third-order valence-corrected chi connectivity index (χ3v) is 3.35. The lowest BCUT2D eigenvalue weighted by molar-refractivity contribution is 0.192. The summed E-state index contributed by atoms with van der Waals surface area (Å²) in [6.45, 7) is 9.44. The van der Waals surface area contributed by atoms with E-state index in [1.54, 1.807) is 0 Å². The second-order valence-corrected chi connectivity index (χ2v) is 5.42. The molecule has 0 unspecified atom stereocenters. The van der Waals surface area contributed by atoms with E-state index in [-0.39, 0.29) is 12.1 Å². The molecular weight excluding hydrogens is 238 g/mol. The highest BCUT2D eigenvalue weighted by Gasteiger charge is 2.21. The molecule has 1 heterocycles. The molecule has 4 nitrogen and oxygen atoms in total. The maximum absolute atomic E-state index is 11.9. The quantitative estimate of drug-likeness (QED) is 0.886. The summed E-state index contributed by atoms with van der Waals surface area (Å²) in [6, 6.07) is 8.78. The molecule has 0 aromatic heterocycles. The summed E-state index contributed by atoms with van der Waals surface area (Å²) >= 11 is 0. The number of anilines is 1. The molecule has 1 saturated heterocycles. The van der Waals surface area contributed by atoms with Crippen LogP contribution in [-0.4, -0.2) is 43.2 Å². The van der Waals surface area contributed by atoms with Crippen LogP contribution in [0.2, 0.25) is 0 Å². The van der Waals surface area contributed by atoms with Crippen molar-refractivity contribution in [3.63, 3.8) is 0 Å². The maximum atomic E-state index is 11.9. The van der Waals surface area contributed by atoms with E-state index in [2.05, 4.69) is 41.4 Å². The molecule has 2 rings (SSSR count). The van der Waals surface area contributed by atoms with E-state index in [0.29, 0.717) is 0 Å². The lowest BCUT2D eigenvalue weighted by atomic mass is 10.2. The molecule has 1 aliphatic heterocycles. The number of aryl methyl sites for hydroxylation is 1. The lowest BCUT2D eigenvalue weighted by Crippen LogP contribution is -2.52. The molecule has 0 saturated carbocycles. The molecule has 104 valence electrons. The van der Waals surface area contributed by atoms with Gasteiger partial charge in [0, 0.05) is 37.9 Å². The molecule has 1 aromatic carbocycles. The average molecular weight is 261 g/mol.